The first-order valence-electron chi connectivity index (χ1n) is 6.94. The Morgan fingerprint density at radius 1 is 1.19 bits per heavy atom. The molecule has 110 valence electrons. The quantitative estimate of drug-likeness (QED) is 0.874. The standard InChI is InChI=1S/C17H18ClNO2/c1-2-10-21-16-8-6-13(7-9-16)12-19-17(20)14-4-3-5-15(18)11-14/h3-9,11H,2,10,12H2,1H3,(H,19,20). The number of carbonyl (C=O) groups is 1. The summed E-state index contributed by atoms with van der Waals surface area (Å²) in [5, 5.41) is 3.42. The normalized spacial score (nSPS) is 10.2. The van der Waals surface area contributed by atoms with Gasteiger partial charge in [0.05, 0.1) is 6.61 Å². The first kappa shape index (κ1) is 15.4. The average molecular weight is 304 g/mol. The Bertz CT molecular complexity index is 596. The van der Waals surface area contributed by atoms with Crippen LogP contribution in [0.3, 0.4) is 0 Å². The molecule has 2 aromatic carbocycles. The molecule has 0 heterocycles. The van der Waals surface area contributed by atoms with E-state index in [1.54, 1.807) is 24.3 Å². The van der Waals surface area contributed by atoms with Gasteiger partial charge in [-0.2, -0.15) is 0 Å². The molecule has 4 heteroatoms. The highest BCUT2D eigenvalue weighted by molar-refractivity contribution is 6.30. The van der Waals surface area contributed by atoms with Crippen molar-refractivity contribution < 1.29 is 9.53 Å². The van der Waals surface area contributed by atoms with Crippen molar-refractivity contribution in [1.82, 2.24) is 5.32 Å². The molecule has 0 radical (unpaired) electrons. The molecule has 0 saturated carbocycles. The Morgan fingerprint density at radius 3 is 2.62 bits per heavy atom. The van der Waals surface area contributed by atoms with E-state index in [1.165, 1.54) is 0 Å². The molecule has 2 aromatic rings. The minimum atomic E-state index is -0.135. The molecule has 1 amide bonds. The summed E-state index contributed by atoms with van der Waals surface area (Å²) in [4.78, 5) is 12.0. The predicted molar refractivity (Wildman–Crippen MR) is 84.9 cm³/mol. The van der Waals surface area contributed by atoms with Crippen LogP contribution in [0, 0.1) is 0 Å². The van der Waals surface area contributed by atoms with E-state index in [9.17, 15) is 4.79 Å². The van der Waals surface area contributed by atoms with Gasteiger partial charge in [0.2, 0.25) is 0 Å². The maximum absolute atomic E-state index is 12.0. The number of halogens is 1. The monoisotopic (exact) mass is 303 g/mol. The summed E-state index contributed by atoms with van der Waals surface area (Å²) in [6, 6.07) is 14.6. The Morgan fingerprint density at radius 2 is 1.95 bits per heavy atom. The molecule has 0 aliphatic carbocycles. The Labute approximate surface area is 129 Å². The summed E-state index contributed by atoms with van der Waals surface area (Å²) in [5.41, 5.74) is 1.58. The molecule has 0 aromatic heterocycles. The van der Waals surface area contributed by atoms with Gasteiger partial charge in [-0.3, -0.25) is 4.79 Å². The van der Waals surface area contributed by atoms with Crippen LogP contribution in [-0.2, 0) is 6.54 Å². The maximum atomic E-state index is 12.0. The van der Waals surface area contributed by atoms with Crippen LogP contribution in [0.25, 0.3) is 0 Å². The Hall–Kier alpha value is -2.00. The zero-order chi connectivity index (χ0) is 15.1. The molecule has 1 N–H and O–H groups in total. The summed E-state index contributed by atoms with van der Waals surface area (Å²) in [5.74, 6) is 0.713. The fraction of sp³-hybridized carbons (Fsp3) is 0.235. The van der Waals surface area contributed by atoms with Gasteiger partial charge in [-0.05, 0) is 42.3 Å². The van der Waals surface area contributed by atoms with Crippen LogP contribution in [-0.4, -0.2) is 12.5 Å². The lowest BCUT2D eigenvalue weighted by atomic mass is 10.2. The smallest absolute Gasteiger partial charge is 0.251 e. The maximum Gasteiger partial charge on any atom is 0.251 e. The summed E-state index contributed by atoms with van der Waals surface area (Å²) in [6.07, 6.45) is 0.984. The van der Waals surface area contributed by atoms with Crippen molar-refractivity contribution in [2.24, 2.45) is 0 Å². The predicted octanol–water partition coefficient (Wildman–Crippen LogP) is 4.06. The molecular weight excluding hydrogens is 286 g/mol. The highest BCUT2D eigenvalue weighted by Crippen LogP contribution is 2.13. The Kier molecular flexibility index (Phi) is 5.64. The average Bonchev–Trinajstić information content (AvgIpc) is 2.51. The van der Waals surface area contributed by atoms with Crippen LogP contribution in [0.5, 0.6) is 5.75 Å². The van der Waals surface area contributed by atoms with Crippen molar-refractivity contribution in [2.75, 3.05) is 6.61 Å². The van der Waals surface area contributed by atoms with Crippen molar-refractivity contribution in [1.29, 1.82) is 0 Å². The number of hydrogen-bond acceptors (Lipinski definition) is 2. The molecule has 0 spiro atoms. The van der Waals surface area contributed by atoms with Crippen LogP contribution >= 0.6 is 11.6 Å². The van der Waals surface area contributed by atoms with Gasteiger partial charge < -0.3 is 10.1 Å². The van der Waals surface area contributed by atoms with E-state index in [0.717, 1.165) is 17.7 Å². The van der Waals surface area contributed by atoms with E-state index in [1.807, 2.05) is 24.3 Å². The van der Waals surface area contributed by atoms with Crippen LogP contribution in [0.4, 0.5) is 0 Å². The van der Waals surface area contributed by atoms with Crippen LogP contribution in [0.1, 0.15) is 29.3 Å². The van der Waals surface area contributed by atoms with Gasteiger partial charge in [0.15, 0.2) is 0 Å². The molecular formula is C17H18ClNO2. The van der Waals surface area contributed by atoms with Gasteiger partial charge in [-0.15, -0.1) is 0 Å². The van der Waals surface area contributed by atoms with Crippen molar-refractivity contribution in [2.45, 2.75) is 19.9 Å². The van der Waals surface area contributed by atoms with E-state index < -0.39 is 0 Å². The first-order valence-corrected chi connectivity index (χ1v) is 7.32. The minimum Gasteiger partial charge on any atom is -0.494 e. The van der Waals surface area contributed by atoms with E-state index in [4.69, 9.17) is 16.3 Å². The van der Waals surface area contributed by atoms with Crippen LogP contribution < -0.4 is 10.1 Å². The summed E-state index contributed by atoms with van der Waals surface area (Å²) < 4.78 is 5.52. The van der Waals surface area contributed by atoms with Gasteiger partial charge >= 0.3 is 0 Å². The summed E-state index contributed by atoms with van der Waals surface area (Å²) in [6.45, 7) is 3.25. The fourth-order valence-corrected chi connectivity index (χ4v) is 2.03. The van der Waals surface area contributed by atoms with Gasteiger partial charge in [0.1, 0.15) is 5.75 Å². The number of carbonyl (C=O) groups excluding carboxylic acids is 1. The van der Waals surface area contributed by atoms with Crippen LogP contribution in [0.15, 0.2) is 48.5 Å². The van der Waals surface area contributed by atoms with Gasteiger partial charge in [0.25, 0.3) is 5.91 Å². The largest absolute Gasteiger partial charge is 0.494 e. The number of amides is 1. The molecule has 0 aliphatic heterocycles. The highest BCUT2D eigenvalue weighted by atomic mass is 35.5. The minimum absolute atomic E-state index is 0.135. The lowest BCUT2D eigenvalue weighted by molar-refractivity contribution is 0.0951. The second-order valence-electron chi connectivity index (χ2n) is 4.69. The molecule has 0 aliphatic rings. The Balaban J connectivity index is 1.89. The fourth-order valence-electron chi connectivity index (χ4n) is 1.84. The summed E-state index contributed by atoms with van der Waals surface area (Å²) >= 11 is 5.87. The third kappa shape index (κ3) is 4.80. The number of hydrogen-bond donors (Lipinski definition) is 1. The first-order chi connectivity index (χ1) is 10.2. The van der Waals surface area contributed by atoms with Crippen molar-refractivity contribution in [3.05, 3.63) is 64.7 Å². The van der Waals surface area contributed by atoms with E-state index in [2.05, 4.69) is 12.2 Å². The third-order valence-electron chi connectivity index (χ3n) is 2.94. The van der Waals surface area contributed by atoms with E-state index in [-0.39, 0.29) is 5.91 Å². The lowest BCUT2D eigenvalue weighted by Gasteiger charge is -2.08. The number of rotatable bonds is 6. The molecule has 0 saturated heterocycles. The zero-order valence-corrected chi connectivity index (χ0v) is 12.7. The third-order valence-corrected chi connectivity index (χ3v) is 3.17. The second kappa shape index (κ2) is 7.70. The molecule has 0 unspecified atom stereocenters. The lowest BCUT2D eigenvalue weighted by Crippen LogP contribution is -2.22. The molecule has 0 fully saturated rings. The zero-order valence-electron chi connectivity index (χ0n) is 11.9. The second-order valence-corrected chi connectivity index (χ2v) is 5.12. The van der Waals surface area contributed by atoms with E-state index >= 15 is 0 Å². The molecule has 21 heavy (non-hydrogen) atoms. The number of benzene rings is 2. The van der Waals surface area contributed by atoms with Gasteiger partial charge in [-0.1, -0.05) is 36.7 Å². The number of ether oxygens (including phenoxy) is 1. The van der Waals surface area contributed by atoms with Crippen LogP contribution in [0.2, 0.25) is 5.02 Å². The number of nitrogens with one attached hydrogen (secondary N) is 1. The van der Waals surface area contributed by atoms with Gasteiger partial charge in [-0.25, -0.2) is 0 Å². The molecule has 2 rings (SSSR count). The highest BCUT2D eigenvalue weighted by Gasteiger charge is 2.05. The summed E-state index contributed by atoms with van der Waals surface area (Å²) in [7, 11) is 0. The molecule has 3 nitrogen and oxygen atoms in total. The van der Waals surface area contributed by atoms with Crippen molar-refractivity contribution in [3.8, 4) is 5.75 Å². The van der Waals surface area contributed by atoms with Crippen molar-refractivity contribution in [3.63, 3.8) is 0 Å². The van der Waals surface area contributed by atoms with Crippen molar-refractivity contribution >= 4 is 17.5 Å². The molecule has 0 atom stereocenters. The molecule has 0 bridgehead atoms. The SMILES string of the molecule is CCCOc1ccc(CNC(=O)c2cccc(Cl)c2)cc1. The van der Waals surface area contributed by atoms with E-state index in [0.29, 0.717) is 23.7 Å². The van der Waals surface area contributed by atoms with Gasteiger partial charge in [0, 0.05) is 17.1 Å². The topological polar surface area (TPSA) is 38.3 Å².